The molecule has 174 valence electrons. The largest absolute Gasteiger partial charge is 0.465 e. The lowest BCUT2D eigenvalue weighted by molar-refractivity contribution is -0.143. The second kappa shape index (κ2) is 9.25. The molecule has 2 atom stereocenters. The average molecular weight is 450 g/mol. The quantitative estimate of drug-likeness (QED) is 0.649. The van der Waals surface area contributed by atoms with E-state index in [2.05, 4.69) is 42.7 Å². The first-order valence-electron chi connectivity index (χ1n) is 11.5. The van der Waals surface area contributed by atoms with Crippen LogP contribution < -0.4 is 10.6 Å². The Morgan fingerprint density at radius 2 is 1.73 bits per heavy atom. The highest BCUT2D eigenvalue weighted by Crippen LogP contribution is 2.36. The van der Waals surface area contributed by atoms with Crippen LogP contribution in [0.5, 0.6) is 0 Å². The minimum Gasteiger partial charge on any atom is -0.465 e. The molecule has 0 spiro atoms. The lowest BCUT2D eigenvalue weighted by Crippen LogP contribution is -2.65. The Bertz CT molecular complexity index is 1050. The first kappa shape index (κ1) is 22.8. The Labute approximate surface area is 194 Å². The Hall–Kier alpha value is -3.35. The van der Waals surface area contributed by atoms with E-state index in [1.54, 1.807) is 17.0 Å². The van der Waals surface area contributed by atoms with E-state index in [1.165, 1.54) is 11.1 Å². The van der Waals surface area contributed by atoms with Gasteiger partial charge in [-0.05, 0) is 68.4 Å². The summed E-state index contributed by atoms with van der Waals surface area (Å²) in [7, 11) is 0. The van der Waals surface area contributed by atoms with Crippen LogP contribution in [-0.4, -0.2) is 52.6 Å². The predicted octanol–water partition coefficient (Wildman–Crippen LogP) is 3.61. The molecular formula is C26H31N3O4. The fourth-order valence-corrected chi connectivity index (χ4v) is 4.92. The summed E-state index contributed by atoms with van der Waals surface area (Å²) < 4.78 is 0. The first-order chi connectivity index (χ1) is 15.8. The molecule has 1 saturated carbocycles. The lowest BCUT2D eigenvalue weighted by atomic mass is 9.74. The molecule has 1 aliphatic heterocycles. The molecule has 1 heterocycles. The van der Waals surface area contributed by atoms with Gasteiger partial charge in [0, 0.05) is 30.6 Å². The number of likely N-dealkylation sites (tertiary alicyclic amines) is 1. The molecule has 2 aromatic rings. The van der Waals surface area contributed by atoms with Gasteiger partial charge in [-0.2, -0.15) is 0 Å². The number of piperidine rings is 1. The van der Waals surface area contributed by atoms with Gasteiger partial charge in [0.15, 0.2) is 0 Å². The number of benzene rings is 2. The van der Waals surface area contributed by atoms with E-state index >= 15 is 0 Å². The Balaban J connectivity index is 1.59. The number of carbonyl (C=O) groups excluding carboxylic acids is 2. The number of carbonyl (C=O) groups is 3. The van der Waals surface area contributed by atoms with Gasteiger partial charge in [0.2, 0.25) is 5.91 Å². The topological polar surface area (TPSA) is 98.7 Å². The minimum absolute atomic E-state index is 0.0463. The van der Waals surface area contributed by atoms with Crippen LogP contribution in [-0.2, 0) is 4.79 Å². The number of rotatable bonds is 5. The normalized spacial score (nSPS) is 21.6. The highest BCUT2D eigenvalue weighted by Gasteiger charge is 2.49. The van der Waals surface area contributed by atoms with Gasteiger partial charge in [0.05, 0.1) is 0 Å². The van der Waals surface area contributed by atoms with Crippen molar-refractivity contribution < 1.29 is 19.5 Å². The second-order valence-corrected chi connectivity index (χ2v) is 9.39. The average Bonchev–Trinajstić information content (AvgIpc) is 2.78. The molecule has 1 saturated heterocycles. The predicted molar refractivity (Wildman–Crippen MR) is 125 cm³/mol. The van der Waals surface area contributed by atoms with Gasteiger partial charge >= 0.3 is 6.09 Å². The van der Waals surface area contributed by atoms with Crippen LogP contribution in [0.25, 0.3) is 0 Å². The molecule has 2 aliphatic rings. The molecule has 0 aromatic heterocycles. The standard InChI is InChI=1S/C26H31N3O4/c1-17-9-10-20(13-18(17)2)21-14-22(27-23(30)19-7-4-3-5-8-19)16-29(15-21)24(31)26(11-6-12-26)28-25(32)33/h3-5,7-10,13,21-22,28H,6,11-12,14-16H2,1-2H3,(H,27,30)(H,32,33). The van der Waals surface area contributed by atoms with E-state index in [1.807, 2.05) is 18.2 Å². The monoisotopic (exact) mass is 449 g/mol. The Morgan fingerprint density at radius 1 is 1.00 bits per heavy atom. The summed E-state index contributed by atoms with van der Waals surface area (Å²) in [5.41, 5.74) is 3.04. The van der Waals surface area contributed by atoms with Crippen molar-refractivity contribution in [3.05, 3.63) is 70.8 Å². The zero-order valence-corrected chi connectivity index (χ0v) is 19.1. The molecule has 33 heavy (non-hydrogen) atoms. The van der Waals surface area contributed by atoms with Crippen molar-refractivity contribution in [2.24, 2.45) is 0 Å². The van der Waals surface area contributed by atoms with Crippen LogP contribution in [0, 0.1) is 13.8 Å². The van der Waals surface area contributed by atoms with Gasteiger partial charge in [0.25, 0.3) is 5.91 Å². The highest BCUT2D eigenvalue weighted by atomic mass is 16.4. The Morgan fingerprint density at radius 3 is 2.33 bits per heavy atom. The van der Waals surface area contributed by atoms with Crippen LogP contribution in [0.3, 0.4) is 0 Å². The van der Waals surface area contributed by atoms with Gasteiger partial charge in [0.1, 0.15) is 5.54 Å². The molecule has 0 radical (unpaired) electrons. The zero-order valence-electron chi connectivity index (χ0n) is 19.1. The van der Waals surface area contributed by atoms with Crippen molar-refractivity contribution in [2.75, 3.05) is 13.1 Å². The zero-order chi connectivity index (χ0) is 23.6. The number of nitrogens with zero attached hydrogens (tertiary/aromatic N) is 1. The van der Waals surface area contributed by atoms with E-state index in [0.29, 0.717) is 37.9 Å². The summed E-state index contributed by atoms with van der Waals surface area (Å²) in [4.78, 5) is 39.5. The maximum atomic E-state index is 13.5. The molecule has 3 N–H and O–H groups in total. The third-order valence-corrected chi connectivity index (χ3v) is 7.07. The van der Waals surface area contributed by atoms with Crippen LogP contribution in [0.15, 0.2) is 48.5 Å². The highest BCUT2D eigenvalue weighted by molar-refractivity contribution is 5.94. The van der Waals surface area contributed by atoms with Crippen LogP contribution in [0.4, 0.5) is 4.79 Å². The van der Waals surface area contributed by atoms with E-state index in [-0.39, 0.29) is 23.8 Å². The van der Waals surface area contributed by atoms with Crippen molar-refractivity contribution in [1.82, 2.24) is 15.5 Å². The third kappa shape index (κ3) is 4.87. The second-order valence-electron chi connectivity index (χ2n) is 9.39. The van der Waals surface area contributed by atoms with Crippen LogP contribution in [0.2, 0.25) is 0 Å². The minimum atomic E-state index is -1.18. The molecule has 2 fully saturated rings. The maximum absolute atomic E-state index is 13.5. The lowest BCUT2D eigenvalue weighted by Gasteiger charge is -2.46. The number of aryl methyl sites for hydroxylation is 2. The van der Waals surface area contributed by atoms with Crippen molar-refractivity contribution in [3.63, 3.8) is 0 Å². The fourth-order valence-electron chi connectivity index (χ4n) is 4.92. The van der Waals surface area contributed by atoms with Gasteiger partial charge in [-0.3, -0.25) is 9.59 Å². The molecule has 7 nitrogen and oxygen atoms in total. The summed E-state index contributed by atoms with van der Waals surface area (Å²) in [6.07, 6.45) is 1.35. The first-order valence-corrected chi connectivity index (χ1v) is 11.5. The number of carboxylic acid groups (broad SMARTS) is 1. The maximum Gasteiger partial charge on any atom is 0.405 e. The van der Waals surface area contributed by atoms with Crippen molar-refractivity contribution >= 4 is 17.9 Å². The molecule has 2 aromatic carbocycles. The fraction of sp³-hybridized carbons (Fsp3) is 0.423. The van der Waals surface area contributed by atoms with Crippen molar-refractivity contribution in [2.45, 2.75) is 57.0 Å². The summed E-state index contributed by atoms with van der Waals surface area (Å²) in [6.45, 7) is 5.00. The molecule has 2 unspecified atom stereocenters. The van der Waals surface area contributed by atoms with E-state index in [4.69, 9.17) is 0 Å². The van der Waals surface area contributed by atoms with Gasteiger partial charge < -0.3 is 20.6 Å². The molecule has 0 bridgehead atoms. The van der Waals surface area contributed by atoms with Gasteiger partial charge in [-0.1, -0.05) is 36.4 Å². The Kier molecular flexibility index (Phi) is 6.40. The van der Waals surface area contributed by atoms with Crippen LogP contribution >= 0.6 is 0 Å². The number of hydrogen-bond acceptors (Lipinski definition) is 3. The van der Waals surface area contributed by atoms with E-state index < -0.39 is 11.6 Å². The number of hydrogen-bond donors (Lipinski definition) is 3. The summed E-state index contributed by atoms with van der Waals surface area (Å²) in [5, 5.41) is 14.9. The summed E-state index contributed by atoms with van der Waals surface area (Å²) >= 11 is 0. The molecule has 1 aliphatic carbocycles. The van der Waals surface area contributed by atoms with Crippen LogP contribution in [0.1, 0.15) is 58.6 Å². The summed E-state index contributed by atoms with van der Waals surface area (Å²) in [5.74, 6) is -0.315. The van der Waals surface area contributed by atoms with E-state index in [9.17, 15) is 19.5 Å². The van der Waals surface area contributed by atoms with Crippen molar-refractivity contribution in [3.8, 4) is 0 Å². The number of amides is 3. The van der Waals surface area contributed by atoms with Crippen molar-refractivity contribution in [1.29, 1.82) is 0 Å². The van der Waals surface area contributed by atoms with Gasteiger partial charge in [-0.15, -0.1) is 0 Å². The molecular weight excluding hydrogens is 418 g/mol. The number of nitrogens with one attached hydrogen (secondary N) is 2. The third-order valence-electron chi connectivity index (χ3n) is 7.07. The molecule has 7 heteroatoms. The SMILES string of the molecule is Cc1ccc(C2CC(NC(=O)c3ccccc3)CN(C(=O)C3(NC(=O)O)CCC3)C2)cc1C. The summed E-state index contributed by atoms with van der Waals surface area (Å²) in [6, 6.07) is 15.1. The van der Waals surface area contributed by atoms with E-state index in [0.717, 1.165) is 12.0 Å². The van der Waals surface area contributed by atoms with Gasteiger partial charge in [-0.25, -0.2) is 4.79 Å². The molecule has 4 rings (SSSR count). The molecule has 3 amide bonds. The smallest absolute Gasteiger partial charge is 0.405 e.